The van der Waals surface area contributed by atoms with Crippen LogP contribution in [0.2, 0.25) is 0 Å². The number of aliphatic hydroxyl groups excluding tert-OH is 2. The molecule has 0 aliphatic carbocycles. The van der Waals surface area contributed by atoms with E-state index >= 15 is 0 Å². The van der Waals surface area contributed by atoms with Crippen LogP contribution in [0.3, 0.4) is 0 Å². The first kappa shape index (κ1) is 15.5. The normalized spacial score (nSPS) is 14.6. The van der Waals surface area contributed by atoms with E-state index in [9.17, 15) is 15.0 Å². The first-order valence-electron chi connectivity index (χ1n) is 5.97. The minimum absolute atomic E-state index is 0.416. The number of hydrogen-bond acceptors (Lipinski definition) is 5. The van der Waals surface area contributed by atoms with Crippen LogP contribution in [0.1, 0.15) is 32.4 Å². The Hall–Kier alpha value is -1.59. The molecule has 5 nitrogen and oxygen atoms in total. The zero-order valence-electron chi connectivity index (χ0n) is 11.6. The van der Waals surface area contributed by atoms with Gasteiger partial charge in [0.2, 0.25) is 0 Å². The predicted octanol–water partition coefficient (Wildman–Crippen LogP) is 1.43. The average molecular weight is 268 g/mol. The Kier molecular flexibility index (Phi) is 4.91. The third-order valence-electron chi connectivity index (χ3n) is 2.40. The van der Waals surface area contributed by atoms with Crippen molar-refractivity contribution in [1.82, 2.24) is 0 Å². The second kappa shape index (κ2) is 6.04. The Morgan fingerprint density at radius 1 is 1.16 bits per heavy atom. The number of methoxy groups -OCH3 is 1. The van der Waals surface area contributed by atoms with Gasteiger partial charge in [-0.3, -0.25) is 0 Å². The van der Waals surface area contributed by atoms with Crippen molar-refractivity contribution in [3.8, 4) is 5.75 Å². The molecule has 1 aromatic rings. The molecule has 0 fully saturated rings. The number of carbonyl (C=O) groups excluding carboxylic acids is 1. The minimum atomic E-state index is -1.62. The highest BCUT2D eigenvalue weighted by Crippen LogP contribution is 2.22. The summed E-state index contributed by atoms with van der Waals surface area (Å²) >= 11 is 0. The van der Waals surface area contributed by atoms with Gasteiger partial charge < -0.3 is 19.7 Å². The van der Waals surface area contributed by atoms with E-state index in [0.29, 0.717) is 11.3 Å². The van der Waals surface area contributed by atoms with E-state index in [4.69, 9.17) is 9.47 Å². The zero-order valence-corrected chi connectivity index (χ0v) is 11.6. The summed E-state index contributed by atoms with van der Waals surface area (Å²) in [4.78, 5) is 11.6. The van der Waals surface area contributed by atoms with Crippen molar-refractivity contribution in [3.05, 3.63) is 29.8 Å². The maximum atomic E-state index is 11.6. The van der Waals surface area contributed by atoms with Crippen LogP contribution in [0.5, 0.6) is 5.75 Å². The van der Waals surface area contributed by atoms with E-state index in [1.807, 2.05) is 0 Å². The molecule has 0 saturated heterocycles. The van der Waals surface area contributed by atoms with Crippen LogP contribution in [0.25, 0.3) is 0 Å². The third kappa shape index (κ3) is 4.54. The van der Waals surface area contributed by atoms with Gasteiger partial charge in [0.1, 0.15) is 17.5 Å². The van der Waals surface area contributed by atoms with Crippen molar-refractivity contribution in [3.63, 3.8) is 0 Å². The lowest BCUT2D eigenvalue weighted by molar-refractivity contribution is -0.171. The second-order valence-corrected chi connectivity index (χ2v) is 5.20. The number of carbonyl (C=O) groups is 1. The quantitative estimate of drug-likeness (QED) is 0.808. The predicted molar refractivity (Wildman–Crippen MR) is 69.8 cm³/mol. The fourth-order valence-corrected chi connectivity index (χ4v) is 1.47. The summed E-state index contributed by atoms with van der Waals surface area (Å²) in [6.07, 6.45) is -2.95. The largest absolute Gasteiger partial charge is 0.497 e. The van der Waals surface area contributed by atoms with Crippen LogP contribution in [0, 0.1) is 0 Å². The molecule has 0 bridgehead atoms. The molecule has 0 radical (unpaired) electrons. The number of rotatable bonds is 4. The summed E-state index contributed by atoms with van der Waals surface area (Å²) in [5.41, 5.74) is -0.295. The van der Waals surface area contributed by atoms with Gasteiger partial charge in [-0.2, -0.15) is 0 Å². The SMILES string of the molecule is COc1ccc([C@H](O)[C@H](O)C(=O)OC(C)(C)C)cc1. The highest BCUT2D eigenvalue weighted by atomic mass is 16.6. The third-order valence-corrected chi connectivity index (χ3v) is 2.40. The summed E-state index contributed by atoms with van der Waals surface area (Å²) in [5.74, 6) is -0.224. The Morgan fingerprint density at radius 2 is 1.68 bits per heavy atom. The number of benzene rings is 1. The maximum absolute atomic E-state index is 11.6. The molecule has 0 aliphatic rings. The molecular formula is C14H20O5. The van der Waals surface area contributed by atoms with Gasteiger partial charge in [-0.1, -0.05) is 12.1 Å². The van der Waals surface area contributed by atoms with E-state index < -0.39 is 23.8 Å². The molecule has 0 spiro atoms. The fourth-order valence-electron chi connectivity index (χ4n) is 1.47. The van der Waals surface area contributed by atoms with Crippen molar-refractivity contribution in [1.29, 1.82) is 0 Å². The molecule has 0 unspecified atom stereocenters. The Balaban J connectivity index is 2.75. The molecule has 2 N–H and O–H groups in total. The van der Waals surface area contributed by atoms with Crippen LogP contribution in [0.4, 0.5) is 0 Å². The number of hydrogen-bond donors (Lipinski definition) is 2. The molecule has 1 rings (SSSR count). The number of aliphatic hydroxyl groups is 2. The van der Waals surface area contributed by atoms with Gasteiger partial charge in [0.25, 0.3) is 0 Å². The van der Waals surface area contributed by atoms with Gasteiger partial charge >= 0.3 is 5.97 Å². The van der Waals surface area contributed by atoms with E-state index in [2.05, 4.69) is 0 Å². The lowest BCUT2D eigenvalue weighted by atomic mass is 10.0. The van der Waals surface area contributed by atoms with Gasteiger partial charge in [-0.15, -0.1) is 0 Å². The number of esters is 1. The summed E-state index contributed by atoms with van der Waals surface area (Å²) in [5, 5.41) is 19.7. The summed E-state index contributed by atoms with van der Waals surface area (Å²) in [6.45, 7) is 5.08. The van der Waals surface area contributed by atoms with Gasteiger partial charge in [0.05, 0.1) is 7.11 Å². The van der Waals surface area contributed by atoms with Crippen LogP contribution in [-0.4, -0.2) is 35.0 Å². The van der Waals surface area contributed by atoms with Crippen LogP contribution >= 0.6 is 0 Å². The van der Waals surface area contributed by atoms with Crippen LogP contribution in [0.15, 0.2) is 24.3 Å². The molecule has 0 aliphatic heterocycles. The molecule has 19 heavy (non-hydrogen) atoms. The fraction of sp³-hybridized carbons (Fsp3) is 0.500. The van der Waals surface area contributed by atoms with Crippen molar-refractivity contribution < 1.29 is 24.5 Å². The van der Waals surface area contributed by atoms with Crippen molar-refractivity contribution in [2.75, 3.05) is 7.11 Å². The summed E-state index contributed by atoms with van der Waals surface area (Å²) < 4.78 is 10.0. The topological polar surface area (TPSA) is 76.0 Å². The molecule has 106 valence electrons. The second-order valence-electron chi connectivity index (χ2n) is 5.20. The molecule has 0 heterocycles. The van der Waals surface area contributed by atoms with Gasteiger partial charge in [0, 0.05) is 0 Å². The smallest absolute Gasteiger partial charge is 0.338 e. The highest BCUT2D eigenvalue weighted by Gasteiger charge is 2.30. The monoisotopic (exact) mass is 268 g/mol. The van der Waals surface area contributed by atoms with Crippen molar-refractivity contribution in [2.24, 2.45) is 0 Å². The Bertz CT molecular complexity index is 418. The maximum Gasteiger partial charge on any atom is 0.338 e. The highest BCUT2D eigenvalue weighted by molar-refractivity contribution is 5.75. The molecule has 0 saturated carbocycles. The number of ether oxygens (including phenoxy) is 2. The standard InChI is InChI=1S/C14H20O5/c1-14(2,3)19-13(17)12(16)11(15)9-5-7-10(18-4)8-6-9/h5-8,11-12,15-16H,1-4H3/t11-,12-/m0/s1. The van der Waals surface area contributed by atoms with Gasteiger partial charge in [-0.25, -0.2) is 4.79 Å². The van der Waals surface area contributed by atoms with Crippen molar-refractivity contribution >= 4 is 5.97 Å². The van der Waals surface area contributed by atoms with Crippen molar-refractivity contribution in [2.45, 2.75) is 38.6 Å². The van der Waals surface area contributed by atoms with Gasteiger partial charge in [0.15, 0.2) is 6.10 Å². The molecule has 5 heteroatoms. The molecule has 2 atom stereocenters. The first-order chi connectivity index (χ1) is 8.74. The minimum Gasteiger partial charge on any atom is -0.497 e. The average Bonchev–Trinajstić information content (AvgIpc) is 2.35. The lowest BCUT2D eigenvalue weighted by Crippen LogP contribution is -2.35. The Labute approximate surface area is 112 Å². The van der Waals surface area contributed by atoms with E-state index in [0.717, 1.165) is 0 Å². The lowest BCUT2D eigenvalue weighted by Gasteiger charge is -2.24. The molecule has 0 amide bonds. The Morgan fingerprint density at radius 3 is 2.11 bits per heavy atom. The van der Waals surface area contributed by atoms with E-state index in [1.54, 1.807) is 45.0 Å². The first-order valence-corrected chi connectivity index (χ1v) is 5.97. The molecule has 1 aromatic carbocycles. The van der Waals surface area contributed by atoms with E-state index in [-0.39, 0.29) is 0 Å². The van der Waals surface area contributed by atoms with Crippen LogP contribution in [-0.2, 0) is 9.53 Å². The summed E-state index contributed by atoms with van der Waals surface area (Å²) in [7, 11) is 1.53. The molecule has 0 aromatic heterocycles. The summed E-state index contributed by atoms with van der Waals surface area (Å²) in [6, 6.07) is 6.44. The molecular weight excluding hydrogens is 248 g/mol. The van der Waals surface area contributed by atoms with E-state index in [1.165, 1.54) is 7.11 Å². The van der Waals surface area contributed by atoms with Crippen LogP contribution < -0.4 is 4.74 Å². The zero-order chi connectivity index (χ0) is 14.6. The van der Waals surface area contributed by atoms with Gasteiger partial charge in [-0.05, 0) is 38.5 Å².